The molecule has 0 aromatic carbocycles. The van der Waals surface area contributed by atoms with Gasteiger partial charge in [0.2, 0.25) is 0 Å². The molecule has 1 N–H and O–H groups in total. The van der Waals surface area contributed by atoms with Crippen molar-refractivity contribution in [2.24, 2.45) is 0 Å². The highest BCUT2D eigenvalue weighted by molar-refractivity contribution is 5.79. The molecule has 15 heavy (non-hydrogen) atoms. The molecule has 0 aliphatic rings. The smallest absolute Gasteiger partial charge is 0.266 e. The SMILES string of the molecule is O=c1[nH]nc(C(F)(F)F)c2cccnc12. The number of rotatable bonds is 0. The summed E-state index contributed by atoms with van der Waals surface area (Å²) in [5.41, 5.74) is -2.14. The molecule has 0 atom stereocenters. The number of halogens is 3. The lowest BCUT2D eigenvalue weighted by atomic mass is 10.2. The zero-order chi connectivity index (χ0) is 11.1. The molecule has 2 heterocycles. The number of aromatic amines is 1. The summed E-state index contributed by atoms with van der Waals surface area (Å²) < 4.78 is 37.3. The molecule has 0 saturated heterocycles. The van der Waals surface area contributed by atoms with Crippen LogP contribution < -0.4 is 5.56 Å². The molecule has 0 saturated carbocycles. The molecule has 0 fully saturated rings. The first-order valence-electron chi connectivity index (χ1n) is 3.91. The quantitative estimate of drug-likeness (QED) is 0.721. The maximum atomic E-state index is 12.4. The Morgan fingerprint density at radius 3 is 2.73 bits per heavy atom. The van der Waals surface area contributed by atoms with Crippen LogP contribution in [0.2, 0.25) is 0 Å². The van der Waals surface area contributed by atoms with Crippen LogP contribution in [0, 0.1) is 0 Å². The van der Waals surface area contributed by atoms with Crippen molar-refractivity contribution in [3.63, 3.8) is 0 Å². The van der Waals surface area contributed by atoms with Gasteiger partial charge < -0.3 is 0 Å². The normalized spacial score (nSPS) is 11.9. The van der Waals surface area contributed by atoms with Crippen molar-refractivity contribution in [2.45, 2.75) is 6.18 Å². The van der Waals surface area contributed by atoms with Crippen molar-refractivity contribution >= 4 is 10.9 Å². The van der Waals surface area contributed by atoms with Gasteiger partial charge in [0.05, 0.1) is 0 Å². The summed E-state index contributed by atoms with van der Waals surface area (Å²) in [5.74, 6) is 0. The fraction of sp³-hybridized carbons (Fsp3) is 0.125. The van der Waals surface area contributed by atoms with E-state index in [1.807, 2.05) is 0 Å². The molecule has 0 amide bonds. The van der Waals surface area contributed by atoms with E-state index < -0.39 is 17.4 Å². The summed E-state index contributed by atoms with van der Waals surface area (Å²) >= 11 is 0. The molecule has 2 rings (SSSR count). The van der Waals surface area contributed by atoms with E-state index in [9.17, 15) is 18.0 Å². The molecule has 0 radical (unpaired) electrons. The number of alkyl halides is 3. The van der Waals surface area contributed by atoms with E-state index in [1.165, 1.54) is 12.3 Å². The molecule has 0 unspecified atom stereocenters. The molecule has 78 valence electrons. The minimum Gasteiger partial charge on any atom is -0.266 e. The van der Waals surface area contributed by atoms with Gasteiger partial charge in [0.15, 0.2) is 5.69 Å². The third-order valence-corrected chi connectivity index (χ3v) is 1.82. The Balaban J connectivity index is 2.90. The zero-order valence-corrected chi connectivity index (χ0v) is 7.17. The largest absolute Gasteiger partial charge is 0.435 e. The van der Waals surface area contributed by atoms with Gasteiger partial charge in [-0.3, -0.25) is 9.78 Å². The molecule has 2 aromatic heterocycles. The Morgan fingerprint density at radius 2 is 2.07 bits per heavy atom. The molecule has 0 bridgehead atoms. The molecule has 7 heteroatoms. The lowest BCUT2D eigenvalue weighted by Gasteiger charge is -2.06. The fourth-order valence-electron chi connectivity index (χ4n) is 1.21. The third kappa shape index (κ3) is 1.56. The summed E-state index contributed by atoms with van der Waals surface area (Å²) in [7, 11) is 0. The van der Waals surface area contributed by atoms with Crippen LogP contribution in [-0.4, -0.2) is 15.2 Å². The van der Waals surface area contributed by atoms with Crippen molar-refractivity contribution < 1.29 is 13.2 Å². The Bertz CT molecular complexity index is 561. The minimum absolute atomic E-state index is 0.264. The highest BCUT2D eigenvalue weighted by atomic mass is 19.4. The Labute approximate surface area is 80.8 Å². The van der Waals surface area contributed by atoms with Crippen LogP contribution in [0.5, 0.6) is 0 Å². The van der Waals surface area contributed by atoms with Crippen LogP contribution in [0.4, 0.5) is 13.2 Å². The predicted molar refractivity (Wildman–Crippen MR) is 45.2 cm³/mol. The molecular formula is C8H4F3N3O. The number of fused-ring (bicyclic) bond motifs is 1. The van der Waals surface area contributed by atoms with Gasteiger partial charge in [-0.2, -0.15) is 18.3 Å². The van der Waals surface area contributed by atoms with Crippen LogP contribution in [0.15, 0.2) is 23.1 Å². The van der Waals surface area contributed by atoms with E-state index in [0.717, 1.165) is 6.07 Å². The van der Waals surface area contributed by atoms with Crippen LogP contribution >= 0.6 is 0 Å². The Kier molecular flexibility index (Phi) is 1.95. The summed E-state index contributed by atoms with van der Waals surface area (Å²) in [6.07, 6.45) is -3.36. The summed E-state index contributed by atoms with van der Waals surface area (Å²) in [5, 5.41) is 4.44. The average Bonchev–Trinajstić information content (AvgIpc) is 2.17. The maximum absolute atomic E-state index is 12.4. The molecule has 0 spiro atoms. The number of aromatic nitrogens is 3. The van der Waals surface area contributed by atoms with E-state index in [0.29, 0.717) is 0 Å². The Morgan fingerprint density at radius 1 is 1.33 bits per heavy atom. The Hall–Kier alpha value is -1.92. The van der Waals surface area contributed by atoms with Crippen LogP contribution in [0.25, 0.3) is 10.9 Å². The van der Waals surface area contributed by atoms with Gasteiger partial charge >= 0.3 is 6.18 Å². The second-order valence-electron chi connectivity index (χ2n) is 2.80. The van der Waals surface area contributed by atoms with Gasteiger partial charge in [0.1, 0.15) is 5.52 Å². The van der Waals surface area contributed by atoms with Gasteiger partial charge in [0.25, 0.3) is 5.56 Å². The van der Waals surface area contributed by atoms with Crippen LogP contribution in [0.3, 0.4) is 0 Å². The lowest BCUT2D eigenvalue weighted by molar-refractivity contribution is -0.140. The summed E-state index contributed by atoms with van der Waals surface area (Å²) in [6.45, 7) is 0. The molecule has 0 aliphatic heterocycles. The van der Waals surface area contributed by atoms with Crippen molar-refractivity contribution in [3.05, 3.63) is 34.4 Å². The fourth-order valence-corrected chi connectivity index (χ4v) is 1.21. The van der Waals surface area contributed by atoms with Crippen LogP contribution in [0.1, 0.15) is 5.69 Å². The molecule has 4 nitrogen and oxygen atoms in total. The van der Waals surface area contributed by atoms with E-state index >= 15 is 0 Å². The molecular weight excluding hydrogens is 211 g/mol. The first-order chi connectivity index (χ1) is 7.00. The monoisotopic (exact) mass is 215 g/mol. The first-order valence-corrected chi connectivity index (χ1v) is 3.91. The van der Waals surface area contributed by atoms with E-state index in [4.69, 9.17) is 0 Å². The van der Waals surface area contributed by atoms with E-state index in [2.05, 4.69) is 10.1 Å². The van der Waals surface area contributed by atoms with Gasteiger partial charge in [-0.05, 0) is 12.1 Å². The van der Waals surface area contributed by atoms with E-state index in [-0.39, 0.29) is 10.9 Å². The van der Waals surface area contributed by atoms with Crippen molar-refractivity contribution in [2.75, 3.05) is 0 Å². The standard InChI is InChI=1S/C8H4F3N3O/c9-8(10,11)6-4-2-1-3-12-5(4)7(15)14-13-6/h1-3H,(H,14,15). The van der Waals surface area contributed by atoms with E-state index in [1.54, 1.807) is 5.10 Å². The van der Waals surface area contributed by atoms with Crippen molar-refractivity contribution in [3.8, 4) is 0 Å². The van der Waals surface area contributed by atoms with Gasteiger partial charge in [-0.25, -0.2) is 5.10 Å². The lowest BCUT2D eigenvalue weighted by Crippen LogP contribution is -2.17. The zero-order valence-electron chi connectivity index (χ0n) is 7.17. The number of nitrogens with one attached hydrogen (secondary N) is 1. The molecule has 0 aliphatic carbocycles. The average molecular weight is 215 g/mol. The van der Waals surface area contributed by atoms with Gasteiger partial charge in [-0.15, -0.1) is 0 Å². The topological polar surface area (TPSA) is 58.6 Å². The second kappa shape index (κ2) is 3.04. The predicted octanol–water partition coefficient (Wildman–Crippen LogP) is 1.34. The van der Waals surface area contributed by atoms with Crippen molar-refractivity contribution in [1.82, 2.24) is 15.2 Å². The number of hydrogen-bond acceptors (Lipinski definition) is 3. The van der Waals surface area contributed by atoms with Crippen molar-refractivity contribution in [1.29, 1.82) is 0 Å². The van der Waals surface area contributed by atoms with Gasteiger partial charge in [-0.1, -0.05) is 0 Å². The first kappa shape index (κ1) is 9.63. The van der Waals surface area contributed by atoms with Crippen LogP contribution in [-0.2, 0) is 6.18 Å². The molecule has 2 aromatic rings. The second-order valence-corrected chi connectivity index (χ2v) is 2.80. The third-order valence-electron chi connectivity index (χ3n) is 1.82. The number of H-pyrrole nitrogens is 1. The highest BCUT2D eigenvalue weighted by Gasteiger charge is 2.35. The minimum atomic E-state index is -4.61. The highest BCUT2D eigenvalue weighted by Crippen LogP contribution is 2.30. The number of nitrogens with zero attached hydrogens (tertiary/aromatic N) is 2. The number of hydrogen-bond donors (Lipinski definition) is 1. The number of pyridine rings is 1. The van der Waals surface area contributed by atoms with Gasteiger partial charge in [0, 0.05) is 11.6 Å². The summed E-state index contributed by atoms with van der Waals surface area (Å²) in [4.78, 5) is 14.7. The maximum Gasteiger partial charge on any atom is 0.435 e. The summed E-state index contributed by atoms with van der Waals surface area (Å²) in [6, 6.07) is 2.48.